The Labute approximate surface area is 171 Å². The smallest absolute Gasteiger partial charge is 0.321 e. The van der Waals surface area contributed by atoms with Crippen molar-refractivity contribution < 1.29 is 9.59 Å². The molecule has 7 nitrogen and oxygen atoms in total. The summed E-state index contributed by atoms with van der Waals surface area (Å²) in [6.07, 6.45) is 0. The van der Waals surface area contributed by atoms with Crippen LogP contribution in [0.4, 0.5) is 4.79 Å². The third-order valence-corrected chi connectivity index (χ3v) is 4.85. The average molecular weight is 416 g/mol. The van der Waals surface area contributed by atoms with Crippen molar-refractivity contribution in [1.29, 1.82) is 0 Å². The van der Waals surface area contributed by atoms with Crippen LogP contribution in [0.5, 0.6) is 0 Å². The largest absolute Gasteiger partial charge is 0.338 e. The Hall–Kier alpha value is -2.84. The standard InChI is InChI=1S/C19H18ClN5O2S/c1-2-21-18(27)22-16(26)12-28-19-24-23-17(13-6-4-3-5-7-13)25(19)15-10-8-14(20)9-11-15/h3-11H,2,12H2,1H3,(H2,21,22,26,27). The molecule has 1 aromatic heterocycles. The Bertz CT molecular complexity index is 960. The molecule has 3 aromatic rings. The first-order valence-corrected chi connectivity index (χ1v) is 9.92. The highest BCUT2D eigenvalue weighted by atomic mass is 35.5. The lowest BCUT2D eigenvalue weighted by Crippen LogP contribution is -2.40. The van der Waals surface area contributed by atoms with Crippen LogP contribution in [0.15, 0.2) is 59.8 Å². The number of benzene rings is 2. The lowest BCUT2D eigenvalue weighted by molar-refractivity contribution is -0.117. The highest BCUT2D eigenvalue weighted by molar-refractivity contribution is 7.99. The second-order valence-electron chi connectivity index (χ2n) is 5.68. The molecule has 9 heteroatoms. The predicted molar refractivity (Wildman–Crippen MR) is 110 cm³/mol. The van der Waals surface area contributed by atoms with Crippen LogP contribution in [0.2, 0.25) is 5.02 Å². The van der Waals surface area contributed by atoms with Gasteiger partial charge < -0.3 is 5.32 Å². The van der Waals surface area contributed by atoms with Gasteiger partial charge in [0, 0.05) is 22.8 Å². The Morgan fingerprint density at radius 2 is 1.79 bits per heavy atom. The summed E-state index contributed by atoms with van der Waals surface area (Å²) in [4.78, 5) is 23.5. The van der Waals surface area contributed by atoms with E-state index in [0.29, 0.717) is 22.5 Å². The first-order valence-electron chi connectivity index (χ1n) is 8.55. The molecule has 0 saturated carbocycles. The van der Waals surface area contributed by atoms with Gasteiger partial charge in [-0.1, -0.05) is 53.7 Å². The molecule has 2 N–H and O–H groups in total. The molecule has 0 bridgehead atoms. The number of aromatic nitrogens is 3. The molecular weight excluding hydrogens is 398 g/mol. The zero-order chi connectivity index (χ0) is 19.9. The van der Waals surface area contributed by atoms with E-state index < -0.39 is 11.9 Å². The second-order valence-corrected chi connectivity index (χ2v) is 7.06. The molecule has 0 atom stereocenters. The second kappa shape index (κ2) is 9.38. The molecule has 0 radical (unpaired) electrons. The van der Waals surface area contributed by atoms with Gasteiger partial charge in [0.2, 0.25) is 5.91 Å². The van der Waals surface area contributed by atoms with Crippen molar-refractivity contribution in [3.63, 3.8) is 0 Å². The zero-order valence-corrected chi connectivity index (χ0v) is 16.6. The monoisotopic (exact) mass is 415 g/mol. The molecular formula is C19H18ClN5O2S. The van der Waals surface area contributed by atoms with Crippen LogP contribution in [-0.2, 0) is 4.79 Å². The Kier molecular flexibility index (Phi) is 6.67. The molecule has 3 rings (SSSR count). The molecule has 0 spiro atoms. The van der Waals surface area contributed by atoms with Gasteiger partial charge >= 0.3 is 6.03 Å². The topological polar surface area (TPSA) is 88.9 Å². The van der Waals surface area contributed by atoms with E-state index in [-0.39, 0.29) is 5.75 Å². The number of imide groups is 1. The molecule has 2 aromatic carbocycles. The summed E-state index contributed by atoms with van der Waals surface area (Å²) in [5.41, 5.74) is 1.71. The predicted octanol–water partition coefficient (Wildman–Crippen LogP) is 3.53. The van der Waals surface area contributed by atoms with E-state index in [0.717, 1.165) is 11.3 Å². The number of nitrogens with one attached hydrogen (secondary N) is 2. The van der Waals surface area contributed by atoms with E-state index in [1.807, 2.05) is 47.0 Å². The van der Waals surface area contributed by atoms with Gasteiger partial charge in [0.15, 0.2) is 11.0 Å². The van der Waals surface area contributed by atoms with Gasteiger partial charge in [-0.3, -0.25) is 14.7 Å². The van der Waals surface area contributed by atoms with Gasteiger partial charge in [0.1, 0.15) is 0 Å². The number of carbonyl (C=O) groups excluding carboxylic acids is 2. The molecule has 0 aliphatic carbocycles. The van der Waals surface area contributed by atoms with Crippen molar-refractivity contribution in [2.24, 2.45) is 0 Å². The van der Waals surface area contributed by atoms with Crippen LogP contribution >= 0.6 is 23.4 Å². The van der Waals surface area contributed by atoms with Crippen molar-refractivity contribution in [2.75, 3.05) is 12.3 Å². The summed E-state index contributed by atoms with van der Waals surface area (Å²) in [6.45, 7) is 2.22. The Morgan fingerprint density at radius 1 is 1.07 bits per heavy atom. The minimum Gasteiger partial charge on any atom is -0.338 e. The Morgan fingerprint density at radius 3 is 2.46 bits per heavy atom. The van der Waals surface area contributed by atoms with E-state index in [9.17, 15) is 9.59 Å². The van der Waals surface area contributed by atoms with Crippen LogP contribution in [0.3, 0.4) is 0 Å². The van der Waals surface area contributed by atoms with Crippen LogP contribution < -0.4 is 10.6 Å². The summed E-state index contributed by atoms with van der Waals surface area (Å²) in [7, 11) is 0. The maximum absolute atomic E-state index is 12.0. The lowest BCUT2D eigenvalue weighted by Gasteiger charge is -2.10. The summed E-state index contributed by atoms with van der Waals surface area (Å²) in [6, 6.07) is 16.4. The number of nitrogens with zero attached hydrogens (tertiary/aromatic N) is 3. The van der Waals surface area contributed by atoms with E-state index in [1.54, 1.807) is 19.1 Å². The van der Waals surface area contributed by atoms with Crippen molar-refractivity contribution in [1.82, 2.24) is 25.4 Å². The maximum atomic E-state index is 12.0. The van der Waals surface area contributed by atoms with E-state index >= 15 is 0 Å². The van der Waals surface area contributed by atoms with Gasteiger partial charge in [-0.15, -0.1) is 10.2 Å². The van der Waals surface area contributed by atoms with E-state index in [1.165, 1.54) is 11.8 Å². The first kappa shape index (κ1) is 19.9. The van der Waals surface area contributed by atoms with Crippen molar-refractivity contribution in [3.05, 3.63) is 59.6 Å². The fraction of sp³-hybridized carbons (Fsp3) is 0.158. The number of halogens is 1. The molecule has 28 heavy (non-hydrogen) atoms. The highest BCUT2D eigenvalue weighted by Gasteiger charge is 2.17. The van der Waals surface area contributed by atoms with Gasteiger partial charge in [-0.05, 0) is 31.2 Å². The summed E-state index contributed by atoms with van der Waals surface area (Å²) in [5, 5.41) is 14.5. The quantitative estimate of drug-likeness (QED) is 0.601. The Balaban J connectivity index is 1.87. The molecule has 0 aliphatic rings. The van der Waals surface area contributed by atoms with Gasteiger partial charge in [-0.2, -0.15) is 0 Å². The van der Waals surface area contributed by atoms with Crippen LogP contribution in [0.1, 0.15) is 6.92 Å². The molecule has 3 amide bonds. The summed E-state index contributed by atoms with van der Waals surface area (Å²) in [5.74, 6) is 0.259. The van der Waals surface area contributed by atoms with Crippen molar-refractivity contribution in [2.45, 2.75) is 12.1 Å². The van der Waals surface area contributed by atoms with Crippen molar-refractivity contribution in [3.8, 4) is 17.1 Å². The fourth-order valence-electron chi connectivity index (χ4n) is 2.46. The minimum absolute atomic E-state index is 0.0254. The van der Waals surface area contributed by atoms with Crippen LogP contribution in [-0.4, -0.2) is 39.0 Å². The average Bonchev–Trinajstić information content (AvgIpc) is 3.12. The number of amides is 3. The number of carbonyl (C=O) groups is 2. The van der Waals surface area contributed by atoms with Crippen LogP contribution in [0, 0.1) is 0 Å². The van der Waals surface area contributed by atoms with Crippen molar-refractivity contribution >= 4 is 35.3 Å². The van der Waals surface area contributed by atoms with E-state index in [4.69, 9.17) is 11.6 Å². The molecule has 144 valence electrons. The SMILES string of the molecule is CCNC(=O)NC(=O)CSc1nnc(-c2ccccc2)n1-c1ccc(Cl)cc1. The van der Waals surface area contributed by atoms with E-state index in [2.05, 4.69) is 20.8 Å². The first-order chi connectivity index (χ1) is 13.6. The zero-order valence-electron chi connectivity index (χ0n) is 15.1. The molecule has 0 unspecified atom stereocenters. The normalized spacial score (nSPS) is 10.5. The third kappa shape index (κ3) is 4.90. The minimum atomic E-state index is -0.516. The highest BCUT2D eigenvalue weighted by Crippen LogP contribution is 2.28. The van der Waals surface area contributed by atoms with Gasteiger partial charge in [0.25, 0.3) is 0 Å². The number of thioether (sulfide) groups is 1. The number of urea groups is 1. The molecule has 0 aliphatic heterocycles. The molecule has 0 saturated heterocycles. The number of hydrogen-bond acceptors (Lipinski definition) is 5. The molecule has 1 heterocycles. The number of hydrogen-bond donors (Lipinski definition) is 2. The van der Waals surface area contributed by atoms with Crippen LogP contribution in [0.25, 0.3) is 17.1 Å². The van der Waals surface area contributed by atoms with Gasteiger partial charge in [-0.25, -0.2) is 4.79 Å². The third-order valence-electron chi connectivity index (χ3n) is 3.67. The lowest BCUT2D eigenvalue weighted by atomic mass is 10.2. The number of rotatable bonds is 6. The summed E-state index contributed by atoms with van der Waals surface area (Å²) < 4.78 is 1.86. The maximum Gasteiger partial charge on any atom is 0.321 e. The fourth-order valence-corrected chi connectivity index (χ4v) is 3.34. The molecule has 0 fully saturated rings. The summed E-state index contributed by atoms with van der Waals surface area (Å²) >= 11 is 7.20. The van der Waals surface area contributed by atoms with Gasteiger partial charge in [0.05, 0.1) is 5.75 Å².